The van der Waals surface area contributed by atoms with Gasteiger partial charge in [-0.05, 0) is 92.5 Å². The van der Waals surface area contributed by atoms with Gasteiger partial charge in [-0.25, -0.2) is 19.6 Å². The summed E-state index contributed by atoms with van der Waals surface area (Å²) >= 11 is 0. The van der Waals surface area contributed by atoms with Gasteiger partial charge < -0.3 is 63.2 Å². The molecule has 1 aromatic heterocycles. The Morgan fingerprint density at radius 3 is 2.21 bits per heavy atom. The number of alkyl carbamates (subject to hydrolysis) is 1. The van der Waals surface area contributed by atoms with Crippen LogP contribution in [0.4, 0.5) is 32.5 Å². The summed E-state index contributed by atoms with van der Waals surface area (Å²) in [5.74, 6) is -1.02. The third-order valence-corrected chi connectivity index (χ3v) is 12.1. The van der Waals surface area contributed by atoms with Gasteiger partial charge in [0.15, 0.2) is 0 Å². The van der Waals surface area contributed by atoms with Crippen molar-refractivity contribution in [2.45, 2.75) is 91.3 Å². The minimum absolute atomic E-state index is 0.0597. The zero-order valence-electron chi connectivity index (χ0n) is 42.0. The standard InChI is InChI=1S/C51H69N13O9/c1-5-22-64(23-6-2)49(70)37-26-35-11-12-36(27-41(35)61-42(52)28-37)46(67)60-39-15-16-43(57-29-39)63-24-17-34(18-25-63)45(66)54-20-21-56-51(72)73-30-33-9-13-38(14-10-33)59-47(68)40(8-7-19-55-50(53)71)62-48(69)44(32(3)4)58-31-65/h9-16,26-27,29,31-32,34,40,44H,5-8,17-25,28,30H2,1-4H3,(H2,52,61)(H,54,66)(H,56,72)(H,58,65)(H,59,68)(H,60,67)(H,62,69)(H3,53,55,71). The number of aromatic nitrogens is 1. The van der Waals surface area contributed by atoms with Crippen LogP contribution in [0.1, 0.15) is 94.1 Å². The summed E-state index contributed by atoms with van der Waals surface area (Å²) in [7, 11) is 0. The second-order valence-corrected chi connectivity index (χ2v) is 18.1. The summed E-state index contributed by atoms with van der Waals surface area (Å²) in [5, 5.41) is 18.7. The van der Waals surface area contributed by atoms with E-state index in [1.165, 1.54) is 0 Å². The number of hydrogen-bond acceptors (Lipinski definition) is 13. The highest BCUT2D eigenvalue weighted by Crippen LogP contribution is 2.29. The van der Waals surface area contributed by atoms with Crippen LogP contribution >= 0.6 is 0 Å². The number of anilines is 3. The Labute approximate surface area is 425 Å². The van der Waals surface area contributed by atoms with Crippen LogP contribution in [0.3, 0.4) is 0 Å². The number of nitrogens with two attached hydrogens (primary N) is 2. The molecule has 392 valence electrons. The summed E-state index contributed by atoms with van der Waals surface area (Å²) < 4.78 is 5.32. The quantitative estimate of drug-likeness (QED) is 0.0434. The van der Waals surface area contributed by atoms with Gasteiger partial charge >= 0.3 is 12.1 Å². The normalized spacial score (nSPS) is 14.1. The first kappa shape index (κ1) is 55.9. The number of carbonyl (C=O) groups excluding carboxylic acids is 8. The topological polar surface area (TPSA) is 314 Å². The van der Waals surface area contributed by atoms with Gasteiger partial charge in [-0.3, -0.25) is 28.8 Å². The third-order valence-electron chi connectivity index (χ3n) is 12.1. The van der Waals surface area contributed by atoms with Gasteiger partial charge in [0, 0.05) is 80.5 Å². The van der Waals surface area contributed by atoms with E-state index in [-0.39, 0.29) is 68.6 Å². The molecule has 3 aromatic rings. The first-order valence-electron chi connectivity index (χ1n) is 24.7. The molecule has 2 aliphatic heterocycles. The average Bonchev–Trinajstić information content (AvgIpc) is 3.54. The van der Waals surface area contributed by atoms with Gasteiger partial charge in [-0.1, -0.05) is 45.9 Å². The number of nitrogens with one attached hydrogen (secondary N) is 7. The highest BCUT2D eigenvalue weighted by Gasteiger charge is 2.29. The molecule has 1 fully saturated rings. The SMILES string of the molecule is CCCN(CCC)C(=O)C1=Cc2ccc(C(=O)Nc3ccc(N4CCC(C(=O)NCCNC(=O)OCc5ccc(NC(=O)C(CCCNC(N)=O)NC(=O)C(NC=O)C(C)C)cc5)CC4)nc3)cc2N=C(N)C1. The molecule has 2 unspecified atom stereocenters. The maximum atomic E-state index is 13.4. The Hall–Kier alpha value is -8.04. The fourth-order valence-corrected chi connectivity index (χ4v) is 8.25. The predicted octanol–water partition coefficient (Wildman–Crippen LogP) is 3.66. The van der Waals surface area contributed by atoms with E-state index in [0.29, 0.717) is 103 Å². The van der Waals surface area contributed by atoms with Crippen LogP contribution in [-0.2, 0) is 35.3 Å². The lowest BCUT2D eigenvalue weighted by atomic mass is 9.96. The lowest BCUT2D eigenvalue weighted by Gasteiger charge is -2.32. The Balaban J connectivity index is 0.999. The number of rotatable bonds is 25. The monoisotopic (exact) mass is 1010 g/mol. The number of piperidine rings is 1. The van der Waals surface area contributed by atoms with Crippen molar-refractivity contribution >= 4 is 82.9 Å². The molecule has 0 aliphatic carbocycles. The fraction of sp³-hybridized carbons (Fsp3) is 0.451. The molecule has 2 aliphatic rings. The van der Waals surface area contributed by atoms with Crippen LogP contribution in [0.2, 0.25) is 0 Å². The van der Waals surface area contributed by atoms with Crippen molar-refractivity contribution in [1.29, 1.82) is 0 Å². The van der Waals surface area contributed by atoms with Crippen molar-refractivity contribution in [3.8, 4) is 0 Å². The van der Waals surface area contributed by atoms with Gasteiger partial charge in [0.1, 0.15) is 30.3 Å². The second-order valence-electron chi connectivity index (χ2n) is 18.1. The van der Waals surface area contributed by atoms with E-state index >= 15 is 0 Å². The molecule has 22 nitrogen and oxygen atoms in total. The third kappa shape index (κ3) is 17.4. The molecule has 0 radical (unpaired) electrons. The van der Waals surface area contributed by atoms with Gasteiger partial charge in [0.25, 0.3) is 5.91 Å². The number of primary amides is 1. The van der Waals surface area contributed by atoms with Crippen LogP contribution in [0, 0.1) is 11.8 Å². The molecule has 5 rings (SSSR count). The number of amides is 9. The molecule has 1 saturated heterocycles. The zero-order chi connectivity index (χ0) is 52.9. The molecule has 0 bridgehead atoms. The lowest BCUT2D eigenvalue weighted by Crippen LogP contribution is -2.53. The summed E-state index contributed by atoms with van der Waals surface area (Å²) in [5.41, 5.74) is 15.1. The Morgan fingerprint density at radius 2 is 1.56 bits per heavy atom. The minimum Gasteiger partial charge on any atom is -0.445 e. The number of carbonyl (C=O) groups is 8. The number of benzene rings is 2. The van der Waals surface area contributed by atoms with E-state index in [1.807, 2.05) is 30.9 Å². The molecule has 22 heteroatoms. The minimum atomic E-state index is -0.988. The molecule has 0 saturated carbocycles. The van der Waals surface area contributed by atoms with E-state index in [2.05, 4.69) is 52.1 Å². The van der Waals surface area contributed by atoms with E-state index in [9.17, 15) is 38.4 Å². The van der Waals surface area contributed by atoms with Crippen LogP contribution in [0.15, 0.2) is 71.4 Å². The van der Waals surface area contributed by atoms with Crippen molar-refractivity contribution in [2.24, 2.45) is 28.3 Å². The molecule has 3 heterocycles. The summed E-state index contributed by atoms with van der Waals surface area (Å²) in [4.78, 5) is 113. The Morgan fingerprint density at radius 1 is 0.863 bits per heavy atom. The number of amidine groups is 1. The van der Waals surface area contributed by atoms with Crippen molar-refractivity contribution in [1.82, 2.24) is 36.5 Å². The van der Waals surface area contributed by atoms with E-state index in [0.717, 1.165) is 12.8 Å². The van der Waals surface area contributed by atoms with Gasteiger partial charge in [-0.2, -0.15) is 0 Å². The second kappa shape index (κ2) is 28.1. The first-order valence-corrected chi connectivity index (χ1v) is 24.7. The Kier molecular flexibility index (Phi) is 21.5. The maximum Gasteiger partial charge on any atom is 0.407 e. The van der Waals surface area contributed by atoms with Crippen molar-refractivity contribution in [3.63, 3.8) is 0 Å². The number of hydrogen-bond donors (Lipinski definition) is 9. The fourth-order valence-electron chi connectivity index (χ4n) is 8.25. The first-order chi connectivity index (χ1) is 35.1. The Bertz CT molecular complexity index is 2470. The summed E-state index contributed by atoms with van der Waals surface area (Å²) in [6, 6.07) is 12.7. The van der Waals surface area contributed by atoms with Gasteiger partial charge in [-0.15, -0.1) is 0 Å². The number of urea groups is 1. The van der Waals surface area contributed by atoms with E-state index in [1.54, 1.807) is 68.6 Å². The van der Waals surface area contributed by atoms with E-state index < -0.39 is 36.0 Å². The predicted molar refractivity (Wildman–Crippen MR) is 277 cm³/mol. The molecule has 2 aromatic carbocycles. The summed E-state index contributed by atoms with van der Waals surface area (Å²) in [6.45, 7) is 10.6. The van der Waals surface area contributed by atoms with Crippen molar-refractivity contribution in [2.75, 3.05) is 61.3 Å². The highest BCUT2D eigenvalue weighted by molar-refractivity contribution is 6.08. The largest absolute Gasteiger partial charge is 0.445 e. The molecule has 73 heavy (non-hydrogen) atoms. The molecule has 2 atom stereocenters. The maximum absolute atomic E-state index is 13.4. The number of nitrogens with zero attached hydrogens (tertiary/aromatic N) is 4. The van der Waals surface area contributed by atoms with E-state index in [4.69, 9.17) is 16.2 Å². The van der Waals surface area contributed by atoms with Crippen LogP contribution in [0.25, 0.3) is 6.08 Å². The van der Waals surface area contributed by atoms with Crippen LogP contribution in [0.5, 0.6) is 0 Å². The number of fused-ring (bicyclic) bond motifs is 1. The lowest BCUT2D eigenvalue weighted by molar-refractivity contribution is -0.130. The summed E-state index contributed by atoms with van der Waals surface area (Å²) in [6.07, 6.45) is 6.76. The average molecular weight is 1010 g/mol. The van der Waals surface area contributed by atoms with Crippen molar-refractivity contribution < 1.29 is 43.1 Å². The number of aliphatic imine (C=N–C) groups is 1. The molecule has 9 amide bonds. The molecule has 0 spiro atoms. The number of pyridine rings is 1. The number of ether oxygens (including phenoxy) is 1. The zero-order valence-corrected chi connectivity index (χ0v) is 42.0. The van der Waals surface area contributed by atoms with Gasteiger partial charge in [0.05, 0.1) is 17.6 Å². The van der Waals surface area contributed by atoms with Crippen LogP contribution < -0.4 is 53.6 Å². The highest BCUT2D eigenvalue weighted by atomic mass is 16.5. The van der Waals surface area contributed by atoms with Crippen LogP contribution in [-0.4, -0.2) is 122 Å². The smallest absolute Gasteiger partial charge is 0.407 e. The molecule has 11 N–H and O–H groups in total. The molecular formula is C51H69N13O9. The molecular weight excluding hydrogens is 939 g/mol. The van der Waals surface area contributed by atoms with Gasteiger partial charge in [0.2, 0.25) is 30.0 Å². The van der Waals surface area contributed by atoms with Crippen molar-refractivity contribution in [3.05, 3.63) is 83.1 Å².